The van der Waals surface area contributed by atoms with Crippen LogP contribution in [0, 0.1) is 5.41 Å². The highest BCUT2D eigenvalue weighted by Crippen LogP contribution is 2.32. The molecule has 0 aromatic heterocycles. The molecule has 0 bridgehead atoms. The topological polar surface area (TPSA) is 89.2 Å². The van der Waals surface area contributed by atoms with Gasteiger partial charge in [-0.15, -0.1) is 0 Å². The van der Waals surface area contributed by atoms with E-state index in [4.69, 9.17) is 0 Å². The van der Waals surface area contributed by atoms with Gasteiger partial charge in [0.05, 0.1) is 11.4 Å². The summed E-state index contributed by atoms with van der Waals surface area (Å²) in [6.45, 7) is 20.0. The van der Waals surface area contributed by atoms with E-state index in [1.54, 1.807) is 12.4 Å². The average molecular weight is 633 g/mol. The maximum absolute atomic E-state index is 11.2. The van der Waals surface area contributed by atoms with Gasteiger partial charge in [-0.1, -0.05) is 104 Å². The van der Waals surface area contributed by atoms with Crippen molar-refractivity contribution in [2.45, 2.75) is 79.3 Å². The molecule has 0 aliphatic carbocycles. The van der Waals surface area contributed by atoms with E-state index in [0.717, 1.165) is 46.7 Å². The van der Waals surface area contributed by atoms with Gasteiger partial charge in [0.1, 0.15) is 11.5 Å². The first-order chi connectivity index (χ1) is 22.1. The van der Waals surface area contributed by atoms with E-state index in [1.807, 2.05) is 72.8 Å². The van der Waals surface area contributed by atoms with Crippen molar-refractivity contribution in [3.63, 3.8) is 0 Å². The molecule has 4 N–H and O–H groups in total. The highest BCUT2D eigenvalue weighted by atomic mass is 16.3. The van der Waals surface area contributed by atoms with Crippen molar-refractivity contribution in [2.24, 2.45) is 15.4 Å². The Balaban J connectivity index is 1.43. The normalized spacial score (nSPS) is 12.8. The number of nitrogens with one attached hydrogen (secondary N) is 2. The molecule has 4 aromatic carbocycles. The number of phenols is 2. The van der Waals surface area contributed by atoms with Crippen LogP contribution in [0.15, 0.2) is 94.9 Å². The molecule has 4 rings (SSSR count). The second kappa shape index (κ2) is 15.1. The first-order valence-electron chi connectivity index (χ1n) is 16.4. The molecular weight excluding hydrogens is 580 g/mol. The lowest BCUT2D eigenvalue weighted by Gasteiger charge is -2.27. The summed E-state index contributed by atoms with van der Waals surface area (Å²) in [4.78, 5) is 9.19. The smallest absolute Gasteiger partial charge is 0.128 e. The first-order valence-corrected chi connectivity index (χ1v) is 16.4. The number of nitrogens with zero attached hydrogens (tertiary/aromatic N) is 2. The van der Waals surface area contributed by atoms with Crippen molar-refractivity contribution >= 4 is 23.8 Å². The summed E-state index contributed by atoms with van der Waals surface area (Å²) in [7, 11) is 0. The summed E-state index contributed by atoms with van der Waals surface area (Å²) in [6, 6.07) is 27.8. The Kier molecular flexibility index (Phi) is 11.4. The molecule has 0 atom stereocenters. The number of hydrogen-bond donors (Lipinski definition) is 4. The van der Waals surface area contributed by atoms with Crippen LogP contribution in [0.3, 0.4) is 0 Å². The quantitative estimate of drug-likeness (QED) is 0.117. The fourth-order valence-corrected chi connectivity index (χ4v) is 5.22. The minimum absolute atomic E-state index is 0.0793. The Morgan fingerprint density at radius 3 is 1.26 bits per heavy atom. The number of benzene rings is 4. The molecule has 0 amide bonds. The third kappa shape index (κ3) is 10.4. The Morgan fingerprint density at radius 2 is 0.915 bits per heavy atom. The minimum Gasteiger partial charge on any atom is -0.507 e. The van der Waals surface area contributed by atoms with Gasteiger partial charge in [-0.3, -0.25) is 9.98 Å². The van der Waals surface area contributed by atoms with Crippen LogP contribution >= 0.6 is 0 Å². The maximum Gasteiger partial charge on any atom is 0.128 e. The van der Waals surface area contributed by atoms with Crippen LogP contribution in [0.25, 0.3) is 0 Å². The number of para-hydroxylation sites is 2. The van der Waals surface area contributed by atoms with E-state index in [2.05, 4.69) is 88.1 Å². The van der Waals surface area contributed by atoms with Gasteiger partial charge < -0.3 is 20.8 Å². The van der Waals surface area contributed by atoms with Crippen molar-refractivity contribution in [2.75, 3.05) is 13.1 Å². The van der Waals surface area contributed by atoms with Gasteiger partial charge in [-0.05, 0) is 63.8 Å². The van der Waals surface area contributed by atoms with Crippen LogP contribution < -0.4 is 10.6 Å². The van der Waals surface area contributed by atoms with E-state index < -0.39 is 0 Å². The molecule has 0 spiro atoms. The van der Waals surface area contributed by atoms with Crippen LogP contribution in [0.1, 0.15) is 88.8 Å². The van der Waals surface area contributed by atoms with Crippen molar-refractivity contribution in [3.8, 4) is 11.5 Å². The Bertz CT molecular complexity index is 1550. The van der Waals surface area contributed by atoms with E-state index >= 15 is 0 Å². The van der Waals surface area contributed by atoms with E-state index in [-0.39, 0.29) is 27.7 Å². The maximum atomic E-state index is 11.2. The SMILES string of the molecule is CC(C)(CNCc1cc(C(C)(C)C)cc(C=Nc2ccccc2)c1O)CNCc1cc(C(C)(C)C)cc(C=Nc2ccccc2)c1O. The van der Waals surface area contributed by atoms with Gasteiger partial charge >= 0.3 is 0 Å². The Labute approximate surface area is 281 Å². The Morgan fingerprint density at radius 1 is 0.553 bits per heavy atom. The molecule has 0 fully saturated rings. The number of aliphatic imine (C=N–C) groups is 2. The summed E-state index contributed by atoms with van der Waals surface area (Å²) in [5.41, 5.74) is 6.86. The highest BCUT2D eigenvalue weighted by molar-refractivity contribution is 5.87. The van der Waals surface area contributed by atoms with Gasteiger partial charge in [0, 0.05) is 60.9 Å². The molecule has 0 saturated heterocycles. The summed E-state index contributed by atoms with van der Waals surface area (Å²) < 4.78 is 0. The number of phenolic OH excluding ortho intramolecular Hbond substituents is 2. The molecule has 0 radical (unpaired) electrons. The van der Waals surface area contributed by atoms with Crippen molar-refractivity contribution in [1.82, 2.24) is 10.6 Å². The molecular formula is C41H52N4O2. The molecule has 6 heteroatoms. The van der Waals surface area contributed by atoms with Crippen molar-refractivity contribution in [1.29, 1.82) is 0 Å². The van der Waals surface area contributed by atoms with E-state index in [1.165, 1.54) is 0 Å². The fraction of sp³-hybridized carbons (Fsp3) is 0.366. The highest BCUT2D eigenvalue weighted by Gasteiger charge is 2.22. The molecule has 0 aliphatic heterocycles. The lowest BCUT2D eigenvalue weighted by Crippen LogP contribution is -2.37. The predicted octanol–water partition coefficient (Wildman–Crippen LogP) is 9.10. The number of hydrogen-bond acceptors (Lipinski definition) is 6. The second-order valence-corrected chi connectivity index (χ2v) is 15.2. The van der Waals surface area contributed by atoms with E-state index in [9.17, 15) is 10.2 Å². The van der Waals surface area contributed by atoms with Crippen LogP contribution in [-0.2, 0) is 23.9 Å². The fourth-order valence-electron chi connectivity index (χ4n) is 5.22. The monoisotopic (exact) mass is 632 g/mol. The molecule has 248 valence electrons. The zero-order valence-electron chi connectivity index (χ0n) is 29.4. The van der Waals surface area contributed by atoms with Gasteiger partial charge in [0.2, 0.25) is 0 Å². The lowest BCUT2D eigenvalue weighted by molar-refractivity contribution is 0.317. The zero-order chi connectivity index (χ0) is 34.2. The average Bonchev–Trinajstić information content (AvgIpc) is 3.01. The standard InChI is InChI=1S/C41H52N4O2/c1-39(2,3)33-19-29(37(46)31(21-33)25-44-35-15-11-9-12-16-35)23-42-27-41(7,8)28-43-24-30-20-34(40(4,5)6)22-32(38(30)47)26-45-36-17-13-10-14-18-36/h9-22,25-26,42-43,46-47H,23-24,27-28H2,1-8H3. The van der Waals surface area contributed by atoms with Crippen molar-refractivity contribution in [3.05, 3.63) is 118 Å². The van der Waals surface area contributed by atoms with Gasteiger partial charge in [0.25, 0.3) is 0 Å². The molecule has 4 aromatic rings. The predicted molar refractivity (Wildman–Crippen MR) is 198 cm³/mol. The molecule has 6 nitrogen and oxygen atoms in total. The summed E-state index contributed by atoms with van der Waals surface area (Å²) in [6.07, 6.45) is 3.50. The third-order valence-corrected chi connectivity index (χ3v) is 8.22. The van der Waals surface area contributed by atoms with Gasteiger partial charge in [0.15, 0.2) is 0 Å². The third-order valence-electron chi connectivity index (χ3n) is 8.22. The lowest BCUT2D eigenvalue weighted by atomic mass is 9.84. The summed E-state index contributed by atoms with van der Waals surface area (Å²) in [5.74, 6) is 0.504. The first kappa shape index (κ1) is 35.6. The Hall–Kier alpha value is -4.26. The minimum atomic E-state index is -0.0935. The van der Waals surface area contributed by atoms with Crippen LogP contribution in [0.4, 0.5) is 11.4 Å². The van der Waals surface area contributed by atoms with E-state index in [0.29, 0.717) is 24.2 Å². The molecule has 0 unspecified atom stereocenters. The molecule has 47 heavy (non-hydrogen) atoms. The zero-order valence-corrected chi connectivity index (χ0v) is 29.4. The van der Waals surface area contributed by atoms with Gasteiger partial charge in [-0.2, -0.15) is 0 Å². The summed E-state index contributed by atoms with van der Waals surface area (Å²) >= 11 is 0. The van der Waals surface area contributed by atoms with Gasteiger partial charge in [-0.25, -0.2) is 0 Å². The summed E-state index contributed by atoms with van der Waals surface area (Å²) in [5, 5.41) is 29.6. The number of aromatic hydroxyl groups is 2. The molecule has 0 heterocycles. The van der Waals surface area contributed by atoms with Crippen LogP contribution in [-0.4, -0.2) is 35.7 Å². The molecule has 0 saturated carbocycles. The largest absolute Gasteiger partial charge is 0.507 e. The molecule has 0 aliphatic rings. The van der Waals surface area contributed by atoms with Crippen molar-refractivity contribution < 1.29 is 10.2 Å². The number of rotatable bonds is 12. The second-order valence-electron chi connectivity index (χ2n) is 15.2. The van der Waals surface area contributed by atoms with Crippen LogP contribution in [0.5, 0.6) is 11.5 Å². The van der Waals surface area contributed by atoms with Crippen LogP contribution in [0.2, 0.25) is 0 Å².